The zero-order valence-electron chi connectivity index (χ0n) is 6.97. The van der Waals surface area contributed by atoms with Gasteiger partial charge in [-0.2, -0.15) is 0 Å². The summed E-state index contributed by atoms with van der Waals surface area (Å²) < 4.78 is 0. The predicted octanol–water partition coefficient (Wildman–Crippen LogP) is -1.52. The fourth-order valence-electron chi connectivity index (χ4n) is 1.50. The molecule has 13 heavy (non-hydrogen) atoms. The van der Waals surface area contributed by atoms with Crippen molar-refractivity contribution in [2.75, 3.05) is 0 Å². The Bertz CT molecular complexity index is 254. The van der Waals surface area contributed by atoms with Crippen molar-refractivity contribution in [1.82, 2.24) is 15.9 Å². The minimum absolute atomic E-state index is 0.160. The van der Waals surface area contributed by atoms with Gasteiger partial charge in [-0.1, -0.05) is 0 Å². The molecule has 2 aliphatic rings. The summed E-state index contributed by atoms with van der Waals surface area (Å²) in [5.74, 6) is 4.83. The third-order valence-corrected chi connectivity index (χ3v) is 2.17. The van der Waals surface area contributed by atoms with Gasteiger partial charge in [-0.15, -0.1) is 0 Å². The molecule has 2 unspecified atom stereocenters. The Morgan fingerprint density at radius 2 is 2.62 bits per heavy atom. The molecule has 70 valence electrons. The van der Waals surface area contributed by atoms with Crippen LogP contribution in [0.5, 0.6) is 0 Å². The number of nitrogens with zero attached hydrogens (tertiary/aromatic N) is 2. The second kappa shape index (κ2) is 3.15. The maximum absolute atomic E-state index is 11.2. The van der Waals surface area contributed by atoms with E-state index in [1.165, 1.54) is 0 Å². The van der Waals surface area contributed by atoms with E-state index in [-0.39, 0.29) is 18.0 Å². The molecule has 0 aromatic rings. The summed E-state index contributed by atoms with van der Waals surface area (Å²) in [6.45, 7) is 0. The molecule has 0 spiro atoms. The van der Waals surface area contributed by atoms with Gasteiger partial charge in [0.15, 0.2) is 0 Å². The highest BCUT2D eigenvalue weighted by Crippen LogP contribution is 2.15. The van der Waals surface area contributed by atoms with Gasteiger partial charge < -0.3 is 5.01 Å². The maximum Gasteiger partial charge on any atom is 0.252 e. The Balaban J connectivity index is 2.04. The summed E-state index contributed by atoms with van der Waals surface area (Å²) in [5, 5.41) is 1.85. The van der Waals surface area contributed by atoms with E-state index in [0.29, 0.717) is 6.42 Å². The number of carbonyl (C=O) groups excluding carboxylic acids is 1. The highest BCUT2D eigenvalue weighted by atomic mass is 16.2. The third-order valence-electron chi connectivity index (χ3n) is 2.17. The van der Waals surface area contributed by atoms with E-state index < -0.39 is 0 Å². The van der Waals surface area contributed by atoms with Gasteiger partial charge in [0.25, 0.3) is 5.91 Å². The Hall–Kier alpha value is -1.40. The van der Waals surface area contributed by atoms with Gasteiger partial charge in [-0.25, -0.2) is 11.3 Å². The molecule has 0 aromatic heterocycles. The van der Waals surface area contributed by atoms with Gasteiger partial charge in [0.2, 0.25) is 0 Å². The Morgan fingerprint density at radius 3 is 3.31 bits per heavy atom. The number of nitrogens with one attached hydrogen (secondary N) is 2. The van der Waals surface area contributed by atoms with Crippen molar-refractivity contribution in [3.8, 4) is 0 Å². The van der Waals surface area contributed by atoms with Gasteiger partial charge in [0.05, 0.1) is 6.04 Å². The first-order valence-electron chi connectivity index (χ1n) is 4.06. The summed E-state index contributed by atoms with van der Waals surface area (Å²) in [6, 6.07) is -0.100. The normalized spacial score (nSPS) is 30.4. The predicted molar refractivity (Wildman–Crippen MR) is 47.1 cm³/mol. The van der Waals surface area contributed by atoms with Crippen LogP contribution in [0, 0.1) is 0 Å². The first-order valence-corrected chi connectivity index (χ1v) is 4.06. The number of carbonyl (C=O) groups is 1. The fourth-order valence-corrected chi connectivity index (χ4v) is 1.50. The summed E-state index contributed by atoms with van der Waals surface area (Å²) in [5.41, 5.74) is 5.13. The number of aliphatic imine (C=N–C) groups is 1. The van der Waals surface area contributed by atoms with Crippen molar-refractivity contribution in [1.29, 1.82) is 0 Å². The van der Waals surface area contributed by atoms with Gasteiger partial charge >= 0.3 is 0 Å². The topological polar surface area (TPSA) is 82.7 Å². The van der Waals surface area contributed by atoms with Crippen molar-refractivity contribution in [2.45, 2.75) is 18.5 Å². The van der Waals surface area contributed by atoms with Crippen LogP contribution in [-0.4, -0.2) is 29.2 Å². The first kappa shape index (κ1) is 8.21. The number of amides is 1. The Labute approximate surface area is 75.4 Å². The molecule has 2 aliphatic heterocycles. The smallest absolute Gasteiger partial charge is 0.252 e. The van der Waals surface area contributed by atoms with Crippen LogP contribution in [0.1, 0.15) is 6.42 Å². The van der Waals surface area contributed by atoms with Gasteiger partial charge in [-0.3, -0.25) is 15.2 Å². The molecule has 0 radical (unpaired) electrons. The van der Waals surface area contributed by atoms with Crippen LogP contribution in [0.4, 0.5) is 0 Å². The second-order valence-electron chi connectivity index (χ2n) is 3.00. The summed E-state index contributed by atoms with van der Waals surface area (Å²) in [7, 11) is 0. The van der Waals surface area contributed by atoms with Crippen molar-refractivity contribution < 1.29 is 4.79 Å². The van der Waals surface area contributed by atoms with Gasteiger partial charge in [-0.05, 0) is 0 Å². The Kier molecular flexibility index (Phi) is 1.99. The summed E-state index contributed by atoms with van der Waals surface area (Å²) >= 11 is 0. The zero-order chi connectivity index (χ0) is 9.26. The SMILES string of the molecule is NNC(=O)C1CC2C=NC=CN2N1. The van der Waals surface area contributed by atoms with Crippen LogP contribution < -0.4 is 16.7 Å². The molecule has 2 rings (SSSR count). The van der Waals surface area contributed by atoms with Crippen LogP contribution in [0.15, 0.2) is 17.4 Å². The monoisotopic (exact) mass is 181 g/mol. The van der Waals surface area contributed by atoms with E-state index in [4.69, 9.17) is 5.84 Å². The molecule has 2 atom stereocenters. The molecule has 0 aromatic carbocycles. The van der Waals surface area contributed by atoms with E-state index in [1.807, 2.05) is 5.01 Å². The maximum atomic E-state index is 11.2. The molecule has 6 nitrogen and oxygen atoms in total. The lowest BCUT2D eigenvalue weighted by molar-refractivity contribution is -0.123. The van der Waals surface area contributed by atoms with E-state index in [1.54, 1.807) is 18.6 Å². The average Bonchev–Trinajstić information content (AvgIpc) is 2.59. The number of fused-ring (bicyclic) bond motifs is 1. The first-order chi connectivity index (χ1) is 6.31. The standard InChI is InChI=1S/C7H11N5O/c8-10-7(13)6-3-5-4-9-1-2-12(5)11-6/h1-2,4-6,11H,3,8H2,(H,10,13). The molecule has 0 aliphatic carbocycles. The van der Waals surface area contributed by atoms with Crippen LogP contribution in [0.3, 0.4) is 0 Å². The molecule has 1 saturated heterocycles. The molecule has 1 amide bonds. The average molecular weight is 181 g/mol. The number of rotatable bonds is 1. The number of hydrogen-bond acceptors (Lipinski definition) is 5. The Morgan fingerprint density at radius 1 is 1.77 bits per heavy atom. The molecule has 0 bridgehead atoms. The van der Waals surface area contributed by atoms with E-state index >= 15 is 0 Å². The zero-order valence-corrected chi connectivity index (χ0v) is 6.97. The van der Waals surface area contributed by atoms with Crippen LogP contribution in [-0.2, 0) is 4.79 Å². The highest BCUT2D eigenvalue weighted by Gasteiger charge is 2.33. The van der Waals surface area contributed by atoms with Crippen molar-refractivity contribution in [3.05, 3.63) is 12.4 Å². The van der Waals surface area contributed by atoms with Crippen molar-refractivity contribution in [2.24, 2.45) is 10.8 Å². The quantitative estimate of drug-likeness (QED) is 0.260. The lowest BCUT2D eigenvalue weighted by Crippen LogP contribution is -2.46. The third kappa shape index (κ3) is 1.41. The lowest BCUT2D eigenvalue weighted by atomic mass is 10.1. The van der Waals surface area contributed by atoms with Crippen LogP contribution in [0.25, 0.3) is 0 Å². The molecule has 1 fully saturated rings. The summed E-state index contributed by atoms with van der Waals surface area (Å²) in [6.07, 6.45) is 5.97. The minimum atomic E-state index is -0.260. The van der Waals surface area contributed by atoms with Crippen molar-refractivity contribution in [3.63, 3.8) is 0 Å². The molecule has 6 heteroatoms. The molecular formula is C7H11N5O. The fraction of sp³-hybridized carbons (Fsp3) is 0.429. The molecule has 4 N–H and O–H groups in total. The van der Waals surface area contributed by atoms with Gasteiger partial charge in [0.1, 0.15) is 6.04 Å². The van der Waals surface area contributed by atoms with E-state index in [2.05, 4.69) is 15.8 Å². The number of nitrogens with two attached hydrogens (primary N) is 1. The van der Waals surface area contributed by atoms with Crippen LogP contribution in [0.2, 0.25) is 0 Å². The van der Waals surface area contributed by atoms with Crippen LogP contribution >= 0.6 is 0 Å². The molecular weight excluding hydrogens is 170 g/mol. The number of hydrogen-bond donors (Lipinski definition) is 3. The second-order valence-corrected chi connectivity index (χ2v) is 3.00. The van der Waals surface area contributed by atoms with E-state index in [9.17, 15) is 4.79 Å². The number of hydrazine groups is 2. The van der Waals surface area contributed by atoms with Gasteiger partial charge in [0, 0.05) is 25.0 Å². The largest absolute Gasteiger partial charge is 0.305 e. The lowest BCUT2D eigenvalue weighted by Gasteiger charge is -2.20. The molecule has 0 saturated carbocycles. The molecule has 2 heterocycles. The summed E-state index contributed by atoms with van der Waals surface area (Å²) in [4.78, 5) is 15.2. The van der Waals surface area contributed by atoms with E-state index in [0.717, 1.165) is 0 Å². The van der Waals surface area contributed by atoms with Crippen molar-refractivity contribution >= 4 is 12.1 Å². The minimum Gasteiger partial charge on any atom is -0.305 e. The highest BCUT2D eigenvalue weighted by molar-refractivity contribution is 5.82.